The van der Waals surface area contributed by atoms with Crippen LogP contribution in [0.4, 0.5) is 0 Å². The van der Waals surface area contributed by atoms with Crippen molar-refractivity contribution in [2.45, 2.75) is 108 Å². The standard InChI is InChI=1S/C24H43NO8S/c1-2-3-4-5-6-7-8-9-10-11-12-13-14-15-16-17-22(26)25-18-19-33-23(27)20-21(24(28)29)34(30,31)32/h9-10,21H,2-8,11-20H2,1H3,(H,25,26)(H,28,29)(H,30,31,32)/b10-9-. The molecule has 0 aliphatic carbocycles. The number of hydrogen-bond donors (Lipinski definition) is 3. The predicted octanol–water partition coefficient (Wildman–Crippen LogP) is 4.41. The third kappa shape index (κ3) is 19.5. The average molecular weight is 506 g/mol. The number of nitrogens with one attached hydrogen (secondary N) is 1. The molecule has 0 radical (unpaired) electrons. The van der Waals surface area contributed by atoms with Gasteiger partial charge in [0.05, 0.1) is 13.0 Å². The van der Waals surface area contributed by atoms with Gasteiger partial charge in [-0.25, -0.2) is 0 Å². The van der Waals surface area contributed by atoms with Crippen LogP contribution in [0.25, 0.3) is 0 Å². The quantitative estimate of drug-likeness (QED) is 0.0848. The van der Waals surface area contributed by atoms with Crippen LogP contribution >= 0.6 is 0 Å². The number of unbranched alkanes of at least 4 members (excludes halogenated alkanes) is 11. The molecule has 3 N–H and O–H groups in total. The first kappa shape index (κ1) is 32.1. The number of allylic oxidation sites excluding steroid dienone is 2. The second-order valence-electron chi connectivity index (χ2n) is 8.45. The summed E-state index contributed by atoms with van der Waals surface area (Å²) in [6, 6.07) is 0. The Morgan fingerprint density at radius 3 is 1.94 bits per heavy atom. The van der Waals surface area contributed by atoms with Gasteiger partial charge in [-0.2, -0.15) is 8.42 Å². The molecule has 198 valence electrons. The number of ether oxygens (including phenoxy) is 1. The molecule has 0 fully saturated rings. The van der Waals surface area contributed by atoms with Crippen molar-refractivity contribution in [1.29, 1.82) is 0 Å². The minimum absolute atomic E-state index is 0.0409. The van der Waals surface area contributed by atoms with Crippen LogP contribution in [0.5, 0.6) is 0 Å². The van der Waals surface area contributed by atoms with E-state index in [1.807, 2.05) is 0 Å². The first-order valence-electron chi connectivity index (χ1n) is 12.4. The van der Waals surface area contributed by atoms with E-state index in [0.29, 0.717) is 6.42 Å². The van der Waals surface area contributed by atoms with Crippen molar-refractivity contribution >= 4 is 28.0 Å². The van der Waals surface area contributed by atoms with E-state index in [0.717, 1.165) is 38.5 Å². The number of esters is 1. The number of carbonyl (C=O) groups is 3. The van der Waals surface area contributed by atoms with Gasteiger partial charge in [0, 0.05) is 6.42 Å². The fourth-order valence-electron chi connectivity index (χ4n) is 3.33. The molecule has 9 nitrogen and oxygen atoms in total. The summed E-state index contributed by atoms with van der Waals surface area (Å²) in [5, 5.41) is 9.04. The Balaban J connectivity index is 3.59. The summed E-state index contributed by atoms with van der Waals surface area (Å²) in [7, 11) is -4.91. The second-order valence-corrected chi connectivity index (χ2v) is 10.0. The number of rotatable bonds is 22. The molecule has 0 heterocycles. The van der Waals surface area contributed by atoms with Gasteiger partial charge in [0.15, 0.2) is 5.25 Å². The van der Waals surface area contributed by atoms with Crippen molar-refractivity contribution < 1.29 is 37.2 Å². The van der Waals surface area contributed by atoms with Crippen LogP contribution in [0, 0.1) is 0 Å². The lowest BCUT2D eigenvalue weighted by Gasteiger charge is -2.10. The molecule has 10 heteroatoms. The van der Waals surface area contributed by atoms with Crippen LogP contribution < -0.4 is 5.32 Å². The molecule has 0 aromatic heterocycles. The number of carboxylic acid groups (broad SMARTS) is 1. The van der Waals surface area contributed by atoms with Crippen LogP contribution in [0.1, 0.15) is 103 Å². The number of carboxylic acids is 1. The number of amides is 1. The maximum atomic E-state index is 11.8. The Bertz CT molecular complexity index is 706. The van der Waals surface area contributed by atoms with Crippen LogP contribution in [-0.4, -0.2) is 54.3 Å². The molecule has 0 bridgehead atoms. The molecule has 0 saturated carbocycles. The zero-order valence-corrected chi connectivity index (χ0v) is 21.3. The van der Waals surface area contributed by atoms with E-state index < -0.39 is 33.7 Å². The number of carbonyl (C=O) groups excluding carboxylic acids is 2. The molecule has 0 rings (SSSR count). The lowest BCUT2D eigenvalue weighted by atomic mass is 10.1. The van der Waals surface area contributed by atoms with E-state index in [9.17, 15) is 22.8 Å². The fourth-order valence-corrected chi connectivity index (χ4v) is 3.93. The second kappa shape index (κ2) is 20.4. The fraction of sp³-hybridized carbons (Fsp3) is 0.792. The lowest BCUT2D eigenvalue weighted by Crippen LogP contribution is -2.33. The summed E-state index contributed by atoms with van der Waals surface area (Å²) in [5.41, 5.74) is 0. The Hall–Kier alpha value is -1.94. The van der Waals surface area contributed by atoms with Gasteiger partial charge in [-0.15, -0.1) is 0 Å². The van der Waals surface area contributed by atoms with Crippen LogP contribution in [0.2, 0.25) is 0 Å². The van der Waals surface area contributed by atoms with E-state index >= 15 is 0 Å². The third-order valence-electron chi connectivity index (χ3n) is 5.34. The Labute approximate surface area is 204 Å². The van der Waals surface area contributed by atoms with Crippen LogP contribution in [0.3, 0.4) is 0 Å². The van der Waals surface area contributed by atoms with Crippen molar-refractivity contribution in [2.75, 3.05) is 13.2 Å². The smallest absolute Gasteiger partial charge is 0.325 e. The van der Waals surface area contributed by atoms with Gasteiger partial charge in [0.1, 0.15) is 6.61 Å². The van der Waals surface area contributed by atoms with Crippen molar-refractivity contribution in [3.63, 3.8) is 0 Å². The van der Waals surface area contributed by atoms with E-state index in [2.05, 4.69) is 24.4 Å². The zero-order valence-electron chi connectivity index (χ0n) is 20.5. The van der Waals surface area contributed by atoms with E-state index in [4.69, 9.17) is 14.4 Å². The first-order chi connectivity index (χ1) is 16.2. The molecule has 1 unspecified atom stereocenters. The maximum Gasteiger partial charge on any atom is 0.325 e. The van der Waals surface area contributed by atoms with E-state index in [-0.39, 0.29) is 19.1 Å². The average Bonchev–Trinajstić information content (AvgIpc) is 2.76. The van der Waals surface area contributed by atoms with Crippen molar-refractivity contribution in [1.82, 2.24) is 5.32 Å². The number of hydrogen-bond acceptors (Lipinski definition) is 6. The molecule has 0 aromatic carbocycles. The Morgan fingerprint density at radius 1 is 0.882 bits per heavy atom. The van der Waals surface area contributed by atoms with Crippen LogP contribution in [0.15, 0.2) is 12.2 Å². The van der Waals surface area contributed by atoms with Crippen molar-refractivity contribution in [3.8, 4) is 0 Å². The summed E-state index contributed by atoms with van der Waals surface area (Å²) in [5.74, 6) is -3.10. The minimum Gasteiger partial charge on any atom is -0.480 e. The Morgan fingerprint density at radius 2 is 1.41 bits per heavy atom. The SMILES string of the molecule is CCCCCCCC/C=C\CCCCCCCC(=O)NCCOC(=O)CC(C(=O)O)S(=O)(=O)O. The van der Waals surface area contributed by atoms with Gasteiger partial charge in [-0.05, 0) is 32.1 Å². The van der Waals surface area contributed by atoms with Crippen molar-refractivity contribution in [3.05, 3.63) is 12.2 Å². The summed E-state index contributed by atoms with van der Waals surface area (Å²) >= 11 is 0. The van der Waals surface area contributed by atoms with E-state index in [1.165, 1.54) is 44.9 Å². The summed E-state index contributed by atoms with van der Waals surface area (Å²) in [4.78, 5) is 34.0. The largest absolute Gasteiger partial charge is 0.480 e. The monoisotopic (exact) mass is 505 g/mol. The maximum absolute atomic E-state index is 11.8. The van der Waals surface area contributed by atoms with Crippen LogP contribution in [-0.2, 0) is 29.2 Å². The summed E-state index contributed by atoms with van der Waals surface area (Å²) < 4.78 is 35.3. The molecular weight excluding hydrogens is 462 g/mol. The van der Waals surface area contributed by atoms with E-state index in [1.54, 1.807) is 0 Å². The number of aliphatic carboxylic acids is 1. The predicted molar refractivity (Wildman–Crippen MR) is 131 cm³/mol. The molecule has 0 saturated heterocycles. The molecule has 0 aliphatic heterocycles. The summed E-state index contributed by atoms with van der Waals surface area (Å²) in [6.07, 6.45) is 19.3. The molecule has 0 spiro atoms. The molecule has 0 aliphatic rings. The molecule has 34 heavy (non-hydrogen) atoms. The van der Waals surface area contributed by atoms with Gasteiger partial charge in [0.2, 0.25) is 5.91 Å². The molecule has 0 aromatic rings. The van der Waals surface area contributed by atoms with Gasteiger partial charge in [0.25, 0.3) is 10.1 Å². The highest BCUT2D eigenvalue weighted by molar-refractivity contribution is 7.87. The molecular formula is C24H43NO8S. The van der Waals surface area contributed by atoms with Gasteiger partial charge < -0.3 is 15.2 Å². The Kier molecular flexibility index (Phi) is 19.3. The molecule has 1 amide bonds. The first-order valence-corrected chi connectivity index (χ1v) is 13.9. The lowest BCUT2D eigenvalue weighted by molar-refractivity contribution is -0.147. The highest BCUT2D eigenvalue weighted by Gasteiger charge is 2.33. The normalized spacial score (nSPS) is 12.5. The zero-order chi connectivity index (χ0) is 25.7. The molecule has 1 atom stereocenters. The highest BCUT2D eigenvalue weighted by Crippen LogP contribution is 2.10. The van der Waals surface area contributed by atoms with Gasteiger partial charge in [-0.1, -0.05) is 70.4 Å². The third-order valence-corrected chi connectivity index (χ3v) is 6.43. The minimum atomic E-state index is -4.91. The van der Waals surface area contributed by atoms with Crippen molar-refractivity contribution in [2.24, 2.45) is 0 Å². The van der Waals surface area contributed by atoms with Gasteiger partial charge in [-0.3, -0.25) is 18.9 Å². The topological polar surface area (TPSA) is 147 Å². The highest BCUT2D eigenvalue weighted by atomic mass is 32.2. The summed E-state index contributed by atoms with van der Waals surface area (Å²) in [6.45, 7) is 2.06. The van der Waals surface area contributed by atoms with Gasteiger partial charge >= 0.3 is 11.9 Å².